The fourth-order valence-electron chi connectivity index (χ4n) is 2.06. The van der Waals surface area contributed by atoms with Crippen molar-refractivity contribution < 1.29 is 5.11 Å². The van der Waals surface area contributed by atoms with E-state index in [4.69, 9.17) is 0 Å². The van der Waals surface area contributed by atoms with Gasteiger partial charge in [0.2, 0.25) is 5.88 Å². The van der Waals surface area contributed by atoms with E-state index in [1.165, 1.54) is 0 Å². The zero-order valence-electron chi connectivity index (χ0n) is 11.2. The summed E-state index contributed by atoms with van der Waals surface area (Å²) in [6.45, 7) is 5.50. The zero-order valence-corrected chi connectivity index (χ0v) is 11.2. The van der Waals surface area contributed by atoms with Gasteiger partial charge in [0, 0.05) is 0 Å². The molecule has 0 aliphatic carbocycles. The van der Waals surface area contributed by atoms with Gasteiger partial charge in [-0.25, -0.2) is 9.36 Å². The minimum atomic E-state index is -0.631. The molecule has 1 aromatic heterocycles. The van der Waals surface area contributed by atoms with E-state index in [0.29, 0.717) is 12.1 Å². The Morgan fingerprint density at radius 1 is 1.26 bits per heavy atom. The number of rotatable bonds is 2. The second kappa shape index (κ2) is 4.76. The standard InChI is InChI=1S/C14H16N2O3/c1-4-10-12(17)15-14(19)16(13(10)18)11-7-8(2)5-6-9(11)3/h5-7,18H,4H2,1-3H3,(H,15,17,19). The third-order valence-electron chi connectivity index (χ3n) is 3.14. The van der Waals surface area contributed by atoms with Gasteiger partial charge in [-0.1, -0.05) is 19.1 Å². The van der Waals surface area contributed by atoms with Crippen LogP contribution in [0.1, 0.15) is 23.6 Å². The quantitative estimate of drug-likeness (QED) is 0.857. The number of nitrogens with one attached hydrogen (secondary N) is 1. The van der Waals surface area contributed by atoms with Crippen molar-refractivity contribution in [1.29, 1.82) is 0 Å². The van der Waals surface area contributed by atoms with Crippen molar-refractivity contribution in [3.63, 3.8) is 0 Å². The molecular weight excluding hydrogens is 244 g/mol. The van der Waals surface area contributed by atoms with Crippen LogP contribution in [0.15, 0.2) is 27.8 Å². The van der Waals surface area contributed by atoms with Crippen molar-refractivity contribution in [1.82, 2.24) is 9.55 Å². The molecule has 0 saturated carbocycles. The van der Waals surface area contributed by atoms with E-state index in [9.17, 15) is 14.7 Å². The first-order chi connectivity index (χ1) is 8.95. The SMILES string of the molecule is CCc1c(O)n(-c2cc(C)ccc2C)c(=O)[nH]c1=O. The first-order valence-electron chi connectivity index (χ1n) is 6.10. The van der Waals surface area contributed by atoms with Crippen molar-refractivity contribution in [2.45, 2.75) is 27.2 Å². The molecule has 0 unspecified atom stereocenters. The number of aromatic amines is 1. The van der Waals surface area contributed by atoms with E-state index in [1.807, 2.05) is 26.0 Å². The first-order valence-corrected chi connectivity index (χ1v) is 6.10. The number of H-pyrrole nitrogens is 1. The maximum atomic E-state index is 11.9. The summed E-state index contributed by atoms with van der Waals surface area (Å²) >= 11 is 0. The molecule has 0 spiro atoms. The molecule has 0 saturated heterocycles. The number of nitrogens with zero attached hydrogens (tertiary/aromatic N) is 1. The van der Waals surface area contributed by atoms with Gasteiger partial charge in [-0.3, -0.25) is 9.78 Å². The fraction of sp³-hybridized carbons (Fsp3) is 0.286. The van der Waals surface area contributed by atoms with E-state index < -0.39 is 11.2 Å². The summed E-state index contributed by atoms with van der Waals surface area (Å²) in [5, 5.41) is 10.2. The largest absolute Gasteiger partial charge is 0.494 e. The van der Waals surface area contributed by atoms with Crippen molar-refractivity contribution in [3.05, 3.63) is 55.7 Å². The molecule has 0 amide bonds. The Morgan fingerprint density at radius 3 is 2.58 bits per heavy atom. The lowest BCUT2D eigenvalue weighted by molar-refractivity contribution is 0.423. The lowest BCUT2D eigenvalue weighted by atomic mass is 10.1. The predicted molar refractivity (Wildman–Crippen MR) is 73.2 cm³/mol. The molecule has 0 atom stereocenters. The third-order valence-corrected chi connectivity index (χ3v) is 3.14. The number of aromatic hydroxyl groups is 1. The molecule has 19 heavy (non-hydrogen) atoms. The van der Waals surface area contributed by atoms with Crippen LogP contribution in [0.25, 0.3) is 5.69 Å². The van der Waals surface area contributed by atoms with Crippen LogP contribution in [0, 0.1) is 13.8 Å². The average Bonchev–Trinajstić information content (AvgIpc) is 2.33. The van der Waals surface area contributed by atoms with Gasteiger partial charge in [0.05, 0.1) is 11.3 Å². The topological polar surface area (TPSA) is 75.1 Å². The van der Waals surface area contributed by atoms with Gasteiger partial charge in [-0.05, 0) is 37.5 Å². The Bertz CT molecular complexity index is 741. The highest BCUT2D eigenvalue weighted by molar-refractivity contribution is 5.46. The summed E-state index contributed by atoms with van der Waals surface area (Å²) in [5.74, 6) is -0.287. The number of hydrogen-bond donors (Lipinski definition) is 2. The molecule has 1 heterocycles. The minimum absolute atomic E-state index is 0.209. The van der Waals surface area contributed by atoms with Crippen molar-refractivity contribution in [2.75, 3.05) is 0 Å². The number of benzene rings is 1. The molecule has 1 aromatic carbocycles. The van der Waals surface area contributed by atoms with Gasteiger partial charge >= 0.3 is 5.69 Å². The third kappa shape index (κ3) is 2.19. The minimum Gasteiger partial charge on any atom is -0.494 e. The van der Waals surface area contributed by atoms with Crippen molar-refractivity contribution in [2.24, 2.45) is 0 Å². The molecule has 5 nitrogen and oxygen atoms in total. The number of hydrogen-bond acceptors (Lipinski definition) is 3. The molecule has 0 bridgehead atoms. The van der Waals surface area contributed by atoms with E-state index in [-0.39, 0.29) is 11.4 Å². The van der Waals surface area contributed by atoms with Crippen LogP contribution < -0.4 is 11.2 Å². The van der Waals surface area contributed by atoms with Crippen molar-refractivity contribution in [3.8, 4) is 11.6 Å². The molecule has 0 fully saturated rings. The normalized spacial score (nSPS) is 10.7. The fourth-order valence-corrected chi connectivity index (χ4v) is 2.06. The van der Waals surface area contributed by atoms with Crippen LogP contribution >= 0.6 is 0 Å². The van der Waals surface area contributed by atoms with Gasteiger partial charge < -0.3 is 5.11 Å². The summed E-state index contributed by atoms with van der Waals surface area (Å²) in [6.07, 6.45) is 0.353. The molecule has 2 N–H and O–H groups in total. The highest BCUT2D eigenvalue weighted by atomic mass is 16.3. The second-order valence-corrected chi connectivity index (χ2v) is 4.54. The Kier molecular flexibility index (Phi) is 3.29. The van der Waals surface area contributed by atoms with Crippen LogP contribution in [0.5, 0.6) is 5.88 Å². The van der Waals surface area contributed by atoms with Gasteiger partial charge in [0.15, 0.2) is 0 Å². The summed E-state index contributed by atoms with van der Waals surface area (Å²) in [6, 6.07) is 5.59. The van der Waals surface area contributed by atoms with Crippen LogP contribution in [0.4, 0.5) is 0 Å². The highest BCUT2D eigenvalue weighted by Gasteiger charge is 2.15. The summed E-state index contributed by atoms with van der Waals surface area (Å²) < 4.78 is 1.14. The Balaban J connectivity index is 2.86. The lowest BCUT2D eigenvalue weighted by Gasteiger charge is -2.13. The monoisotopic (exact) mass is 260 g/mol. The second-order valence-electron chi connectivity index (χ2n) is 4.54. The Hall–Kier alpha value is -2.30. The van der Waals surface area contributed by atoms with Gasteiger partial charge in [-0.2, -0.15) is 0 Å². The maximum Gasteiger partial charge on any atom is 0.335 e. The lowest BCUT2D eigenvalue weighted by Crippen LogP contribution is -2.31. The summed E-state index contributed by atoms with van der Waals surface area (Å²) in [4.78, 5) is 25.8. The molecular formula is C14H16N2O3. The zero-order chi connectivity index (χ0) is 14.2. The molecule has 100 valence electrons. The van der Waals surface area contributed by atoms with E-state index >= 15 is 0 Å². The first kappa shape index (κ1) is 13.1. The van der Waals surface area contributed by atoms with Crippen LogP contribution in [0.2, 0.25) is 0 Å². The molecule has 0 aliphatic heterocycles. The van der Waals surface area contributed by atoms with Crippen molar-refractivity contribution >= 4 is 0 Å². The van der Waals surface area contributed by atoms with Crippen LogP contribution in [0.3, 0.4) is 0 Å². The smallest absolute Gasteiger partial charge is 0.335 e. The van der Waals surface area contributed by atoms with E-state index in [1.54, 1.807) is 13.0 Å². The molecule has 5 heteroatoms. The van der Waals surface area contributed by atoms with E-state index in [0.717, 1.165) is 15.7 Å². The van der Waals surface area contributed by atoms with Crippen LogP contribution in [-0.2, 0) is 6.42 Å². The molecule has 2 aromatic rings. The molecule has 2 rings (SSSR count). The number of aromatic nitrogens is 2. The van der Waals surface area contributed by atoms with Crippen LogP contribution in [-0.4, -0.2) is 14.7 Å². The Labute approximate surface area is 110 Å². The molecule has 0 radical (unpaired) electrons. The predicted octanol–water partition coefficient (Wildman–Crippen LogP) is 1.41. The average molecular weight is 260 g/mol. The maximum absolute atomic E-state index is 11.9. The van der Waals surface area contributed by atoms with Gasteiger partial charge in [0.1, 0.15) is 0 Å². The highest BCUT2D eigenvalue weighted by Crippen LogP contribution is 2.20. The Morgan fingerprint density at radius 2 is 1.95 bits per heavy atom. The summed E-state index contributed by atoms with van der Waals surface area (Å²) in [7, 11) is 0. The summed E-state index contributed by atoms with van der Waals surface area (Å²) in [5.41, 5.74) is 1.43. The van der Waals surface area contributed by atoms with Gasteiger partial charge in [0.25, 0.3) is 5.56 Å². The van der Waals surface area contributed by atoms with Gasteiger partial charge in [-0.15, -0.1) is 0 Å². The molecule has 0 aliphatic rings. The van der Waals surface area contributed by atoms with E-state index in [2.05, 4.69) is 4.98 Å². The number of aryl methyl sites for hydroxylation is 2.